The Labute approximate surface area is 109 Å². The van der Waals surface area contributed by atoms with Gasteiger partial charge in [0.1, 0.15) is 6.04 Å². The molecule has 1 aromatic heterocycles. The van der Waals surface area contributed by atoms with Crippen LogP contribution in [0.3, 0.4) is 0 Å². The van der Waals surface area contributed by atoms with E-state index in [9.17, 15) is 14.7 Å². The van der Waals surface area contributed by atoms with E-state index in [1.807, 2.05) is 13.8 Å². The van der Waals surface area contributed by atoms with Crippen molar-refractivity contribution < 1.29 is 9.90 Å². The molecule has 0 radical (unpaired) electrons. The molecule has 6 nitrogen and oxygen atoms in total. The topological polar surface area (TPSA) is 84.2 Å². The maximum absolute atomic E-state index is 12.2. The Bertz CT molecular complexity index is 580. The fourth-order valence-corrected chi connectivity index (χ4v) is 2.88. The monoisotopic (exact) mass is 271 g/mol. The number of carboxylic acids is 1. The van der Waals surface area contributed by atoms with Crippen molar-refractivity contribution in [3.05, 3.63) is 21.2 Å². The Kier molecular flexibility index (Phi) is 2.85. The molecule has 0 saturated heterocycles. The first-order chi connectivity index (χ1) is 8.29. The minimum Gasteiger partial charge on any atom is -0.480 e. The highest BCUT2D eigenvalue weighted by Gasteiger charge is 2.43. The third-order valence-electron chi connectivity index (χ3n) is 3.25. The number of carbonyl (C=O) groups is 1. The fraction of sp³-hybridized carbons (Fsp3) is 0.545. The molecule has 0 aromatic carbocycles. The fourth-order valence-electron chi connectivity index (χ4n) is 2.45. The first-order valence-electron chi connectivity index (χ1n) is 5.52. The number of carboxylic acid groups (broad SMARTS) is 1. The Morgan fingerprint density at radius 3 is 2.72 bits per heavy atom. The maximum Gasteiger partial charge on any atom is 0.326 e. The Morgan fingerprint density at radius 2 is 2.22 bits per heavy atom. The summed E-state index contributed by atoms with van der Waals surface area (Å²) in [7, 11) is 1.54. The molecule has 0 aliphatic carbocycles. The Hall–Kier alpha value is -1.56. The second-order valence-corrected chi connectivity index (χ2v) is 5.33. The van der Waals surface area contributed by atoms with E-state index in [0.717, 1.165) is 0 Å². The van der Waals surface area contributed by atoms with Gasteiger partial charge in [-0.05, 0) is 6.42 Å². The number of hydrogen-bond acceptors (Lipinski definition) is 4. The van der Waals surface area contributed by atoms with Crippen molar-refractivity contribution in [1.29, 1.82) is 0 Å². The zero-order valence-electron chi connectivity index (χ0n) is 10.3. The van der Waals surface area contributed by atoms with E-state index in [-0.39, 0.29) is 11.0 Å². The summed E-state index contributed by atoms with van der Waals surface area (Å²) in [6, 6.07) is -0.893. The van der Waals surface area contributed by atoms with E-state index in [4.69, 9.17) is 11.6 Å². The molecule has 98 valence electrons. The third-order valence-corrected chi connectivity index (χ3v) is 3.51. The Morgan fingerprint density at radius 1 is 1.61 bits per heavy atom. The van der Waals surface area contributed by atoms with Crippen LogP contribution < -0.4 is 10.9 Å². The number of aliphatic carboxylic acids is 1. The summed E-state index contributed by atoms with van der Waals surface area (Å²) in [6.45, 7) is 3.71. The second-order valence-electron chi connectivity index (χ2n) is 4.97. The van der Waals surface area contributed by atoms with E-state index in [1.54, 1.807) is 7.05 Å². The molecule has 1 aliphatic heterocycles. The molecule has 0 unspecified atom stereocenters. The van der Waals surface area contributed by atoms with Crippen molar-refractivity contribution in [2.45, 2.75) is 31.7 Å². The lowest BCUT2D eigenvalue weighted by Crippen LogP contribution is -2.30. The number of rotatable bonds is 2. The van der Waals surface area contributed by atoms with E-state index < -0.39 is 23.0 Å². The first kappa shape index (κ1) is 12.9. The van der Waals surface area contributed by atoms with Crippen LogP contribution in [0.4, 0.5) is 5.82 Å². The van der Waals surface area contributed by atoms with Gasteiger partial charge in [0, 0.05) is 12.5 Å². The molecule has 18 heavy (non-hydrogen) atoms. The molecular weight excluding hydrogens is 258 g/mol. The minimum atomic E-state index is -1.03. The average Bonchev–Trinajstić information content (AvgIpc) is 2.56. The molecular formula is C11H14ClN3O3. The summed E-state index contributed by atoms with van der Waals surface area (Å²) in [5.41, 5.74) is -0.450. The van der Waals surface area contributed by atoms with Crippen LogP contribution in [-0.4, -0.2) is 27.7 Å². The number of nitrogens with zero attached hydrogens (tertiary/aromatic N) is 2. The number of hydrogen-bond donors (Lipinski definition) is 2. The maximum atomic E-state index is 12.2. The van der Waals surface area contributed by atoms with Crippen LogP contribution in [0.2, 0.25) is 5.15 Å². The van der Waals surface area contributed by atoms with Crippen molar-refractivity contribution in [1.82, 2.24) is 9.55 Å². The van der Waals surface area contributed by atoms with E-state index >= 15 is 0 Å². The lowest BCUT2D eigenvalue weighted by Gasteiger charge is -2.18. The van der Waals surface area contributed by atoms with Gasteiger partial charge in [0.05, 0.1) is 5.69 Å². The predicted octanol–water partition coefficient (Wildman–Crippen LogP) is 1.25. The van der Waals surface area contributed by atoms with Gasteiger partial charge in [-0.1, -0.05) is 25.4 Å². The highest BCUT2D eigenvalue weighted by molar-refractivity contribution is 6.30. The molecule has 0 bridgehead atoms. The van der Waals surface area contributed by atoms with Crippen LogP contribution in [0.15, 0.2) is 4.79 Å². The highest BCUT2D eigenvalue weighted by atomic mass is 35.5. The minimum absolute atomic E-state index is 0.0627. The van der Waals surface area contributed by atoms with Crippen molar-refractivity contribution in [2.24, 2.45) is 0 Å². The third kappa shape index (κ3) is 1.68. The van der Waals surface area contributed by atoms with Crippen LogP contribution in [-0.2, 0) is 10.2 Å². The highest BCUT2D eigenvalue weighted by Crippen LogP contribution is 2.42. The van der Waals surface area contributed by atoms with Crippen LogP contribution >= 0.6 is 11.6 Å². The zero-order valence-corrected chi connectivity index (χ0v) is 11.1. The van der Waals surface area contributed by atoms with Gasteiger partial charge in [-0.15, -0.1) is 0 Å². The number of halogens is 1. The normalized spacial score (nSPS) is 20.6. The molecule has 2 rings (SSSR count). The first-order valence-corrected chi connectivity index (χ1v) is 5.90. The quantitative estimate of drug-likeness (QED) is 0.846. The number of aromatic nitrogens is 2. The van der Waals surface area contributed by atoms with Gasteiger partial charge in [-0.3, -0.25) is 9.36 Å². The van der Waals surface area contributed by atoms with Gasteiger partial charge in [-0.25, -0.2) is 9.78 Å². The lowest BCUT2D eigenvalue weighted by atomic mass is 9.87. The van der Waals surface area contributed by atoms with E-state index in [1.165, 1.54) is 4.57 Å². The van der Waals surface area contributed by atoms with Gasteiger partial charge < -0.3 is 10.4 Å². The smallest absolute Gasteiger partial charge is 0.326 e. The largest absolute Gasteiger partial charge is 0.480 e. The van der Waals surface area contributed by atoms with Gasteiger partial charge in [-0.2, -0.15) is 0 Å². The number of nitrogens with one attached hydrogen (secondary N) is 1. The molecule has 2 N–H and O–H groups in total. The van der Waals surface area contributed by atoms with Crippen LogP contribution in [0.1, 0.15) is 32.0 Å². The predicted molar refractivity (Wildman–Crippen MR) is 67.4 cm³/mol. The Balaban J connectivity index is 2.81. The molecule has 1 aliphatic rings. The van der Waals surface area contributed by atoms with Crippen molar-refractivity contribution in [2.75, 3.05) is 12.4 Å². The van der Waals surface area contributed by atoms with E-state index in [2.05, 4.69) is 10.3 Å². The summed E-state index contributed by atoms with van der Waals surface area (Å²) < 4.78 is 1.24. The molecule has 0 spiro atoms. The lowest BCUT2D eigenvalue weighted by molar-refractivity contribution is -0.140. The standard InChI is InChI=1S/C11H14ClN3O3/c1-11(2)4-5(10(17)18)15-6(11)7(12)14-8(13-3)9(15)16/h5H,4H2,1-3H3,(H,13,14)(H,17,18)/t5-/m0/s1. The molecule has 1 aromatic rings. The SMILES string of the molecule is CNc1nc(Cl)c2n(c1=O)[C@H](C(=O)O)CC2(C)C. The summed E-state index contributed by atoms with van der Waals surface area (Å²) in [5, 5.41) is 12.0. The van der Waals surface area contributed by atoms with Crippen molar-refractivity contribution in [3.8, 4) is 0 Å². The number of fused-ring (bicyclic) bond motifs is 1. The summed E-state index contributed by atoms with van der Waals surface area (Å²) in [5.74, 6) is -0.971. The summed E-state index contributed by atoms with van der Waals surface area (Å²) in [4.78, 5) is 27.4. The number of anilines is 1. The van der Waals surface area contributed by atoms with Crippen LogP contribution in [0, 0.1) is 0 Å². The van der Waals surface area contributed by atoms with Crippen molar-refractivity contribution in [3.63, 3.8) is 0 Å². The summed E-state index contributed by atoms with van der Waals surface area (Å²) >= 11 is 6.08. The molecule has 7 heteroatoms. The zero-order chi connectivity index (χ0) is 13.7. The van der Waals surface area contributed by atoms with Gasteiger partial charge in [0.2, 0.25) is 0 Å². The van der Waals surface area contributed by atoms with Gasteiger partial charge in [0.15, 0.2) is 11.0 Å². The molecule has 0 amide bonds. The summed E-state index contributed by atoms with van der Waals surface area (Å²) in [6.07, 6.45) is 0.326. The van der Waals surface area contributed by atoms with E-state index in [0.29, 0.717) is 12.1 Å². The molecule has 0 fully saturated rings. The average molecular weight is 272 g/mol. The van der Waals surface area contributed by atoms with Gasteiger partial charge >= 0.3 is 5.97 Å². The van der Waals surface area contributed by atoms with Gasteiger partial charge in [0.25, 0.3) is 5.56 Å². The second kappa shape index (κ2) is 3.98. The molecule has 2 heterocycles. The molecule has 1 atom stereocenters. The van der Waals surface area contributed by atoms with Crippen LogP contribution in [0.5, 0.6) is 0 Å². The van der Waals surface area contributed by atoms with Crippen molar-refractivity contribution >= 4 is 23.4 Å². The molecule has 0 saturated carbocycles. The van der Waals surface area contributed by atoms with Crippen LogP contribution in [0.25, 0.3) is 0 Å².